The molecule has 0 bridgehead atoms. The van der Waals surface area contributed by atoms with E-state index in [2.05, 4.69) is 10.3 Å². The summed E-state index contributed by atoms with van der Waals surface area (Å²) in [4.78, 5) is 22.9. The van der Waals surface area contributed by atoms with E-state index >= 15 is 0 Å². The van der Waals surface area contributed by atoms with Gasteiger partial charge in [0.25, 0.3) is 0 Å². The van der Waals surface area contributed by atoms with Crippen LogP contribution in [0.1, 0.15) is 26.3 Å². The van der Waals surface area contributed by atoms with E-state index in [1.807, 2.05) is 0 Å². The van der Waals surface area contributed by atoms with Crippen LogP contribution in [0.25, 0.3) is 28.1 Å². The number of carboxylic acid groups (broad SMARTS) is 1. The Labute approximate surface area is 184 Å². The van der Waals surface area contributed by atoms with E-state index in [0.717, 1.165) is 12.1 Å². The average Bonchev–Trinajstić information content (AvgIpc) is 3.29. The Hall–Kier alpha value is -4.47. The SMILES string of the molecule is NC(=O)c1ccc(-c2cc(C(=O)O)cc(-c3cn(-c4ccc(C(F)(F)F)cc4)nn3)c2)cc1. The van der Waals surface area contributed by atoms with Crippen molar-refractivity contribution in [3.8, 4) is 28.1 Å². The predicted octanol–water partition coefficient (Wildman–Crippen LogP) is 4.42. The second-order valence-corrected chi connectivity index (χ2v) is 7.14. The highest BCUT2D eigenvalue weighted by molar-refractivity contribution is 5.94. The summed E-state index contributed by atoms with van der Waals surface area (Å²) in [5, 5.41) is 17.5. The molecule has 0 aliphatic carbocycles. The average molecular weight is 452 g/mol. The van der Waals surface area contributed by atoms with Crippen molar-refractivity contribution >= 4 is 11.9 Å². The first kappa shape index (κ1) is 21.8. The van der Waals surface area contributed by atoms with Crippen LogP contribution in [-0.4, -0.2) is 32.0 Å². The molecule has 0 saturated carbocycles. The van der Waals surface area contributed by atoms with Gasteiger partial charge in [0.1, 0.15) is 5.69 Å². The minimum Gasteiger partial charge on any atom is -0.478 e. The third kappa shape index (κ3) is 4.59. The number of benzene rings is 3. The van der Waals surface area contributed by atoms with Crippen molar-refractivity contribution in [1.29, 1.82) is 0 Å². The Bertz CT molecular complexity index is 1340. The zero-order valence-corrected chi connectivity index (χ0v) is 16.7. The number of carbonyl (C=O) groups excluding carboxylic acids is 1. The monoisotopic (exact) mass is 452 g/mol. The quantitative estimate of drug-likeness (QED) is 0.466. The van der Waals surface area contributed by atoms with Gasteiger partial charge in [0.05, 0.1) is 23.0 Å². The van der Waals surface area contributed by atoms with Crippen LogP contribution in [0, 0.1) is 0 Å². The molecule has 0 atom stereocenters. The number of alkyl halides is 3. The number of hydrogen-bond acceptors (Lipinski definition) is 4. The zero-order chi connectivity index (χ0) is 23.8. The van der Waals surface area contributed by atoms with Crippen LogP contribution < -0.4 is 5.73 Å². The maximum atomic E-state index is 12.8. The fraction of sp³-hybridized carbons (Fsp3) is 0.0435. The number of carbonyl (C=O) groups is 2. The van der Waals surface area contributed by atoms with Crippen LogP contribution in [-0.2, 0) is 6.18 Å². The van der Waals surface area contributed by atoms with Gasteiger partial charge in [0.2, 0.25) is 5.91 Å². The molecule has 7 nitrogen and oxygen atoms in total. The molecule has 1 heterocycles. The maximum Gasteiger partial charge on any atom is 0.416 e. The highest BCUT2D eigenvalue weighted by atomic mass is 19.4. The predicted molar refractivity (Wildman–Crippen MR) is 113 cm³/mol. The second kappa shape index (κ2) is 8.23. The highest BCUT2D eigenvalue weighted by Gasteiger charge is 2.30. The van der Waals surface area contributed by atoms with Gasteiger partial charge in [-0.25, -0.2) is 9.48 Å². The van der Waals surface area contributed by atoms with Crippen LogP contribution in [0.4, 0.5) is 13.2 Å². The Morgan fingerprint density at radius 1 is 0.848 bits per heavy atom. The molecule has 1 aromatic heterocycles. The summed E-state index contributed by atoms with van der Waals surface area (Å²) in [6.45, 7) is 0. The van der Waals surface area contributed by atoms with Crippen LogP contribution in [0.15, 0.2) is 72.9 Å². The van der Waals surface area contributed by atoms with Crippen LogP contribution in [0.5, 0.6) is 0 Å². The number of hydrogen-bond donors (Lipinski definition) is 2. The van der Waals surface area contributed by atoms with E-state index in [1.54, 1.807) is 18.2 Å². The number of nitrogens with zero attached hydrogens (tertiary/aromatic N) is 3. The van der Waals surface area contributed by atoms with Crippen molar-refractivity contribution in [2.45, 2.75) is 6.18 Å². The lowest BCUT2D eigenvalue weighted by atomic mass is 9.97. The summed E-state index contributed by atoms with van der Waals surface area (Å²) in [7, 11) is 0. The zero-order valence-electron chi connectivity index (χ0n) is 16.7. The molecule has 10 heteroatoms. The second-order valence-electron chi connectivity index (χ2n) is 7.14. The van der Waals surface area contributed by atoms with Crippen molar-refractivity contribution in [2.24, 2.45) is 5.73 Å². The molecule has 4 rings (SSSR count). The number of nitrogens with two attached hydrogens (primary N) is 1. The first-order valence-electron chi connectivity index (χ1n) is 9.51. The van der Waals surface area contributed by atoms with Crippen molar-refractivity contribution < 1.29 is 27.9 Å². The summed E-state index contributed by atoms with van der Waals surface area (Å²) in [5.41, 5.74) is 7.14. The number of halogens is 3. The van der Waals surface area contributed by atoms with Gasteiger partial charge in [-0.2, -0.15) is 13.2 Å². The maximum absolute atomic E-state index is 12.8. The Balaban J connectivity index is 1.71. The van der Waals surface area contributed by atoms with Gasteiger partial charge in [-0.15, -0.1) is 5.10 Å². The van der Waals surface area contributed by atoms with E-state index in [9.17, 15) is 27.9 Å². The van der Waals surface area contributed by atoms with E-state index in [4.69, 9.17) is 5.73 Å². The standard InChI is InChI=1S/C23H15F3N4O3/c24-23(25,26)18-5-7-19(8-6-18)30-12-20(28-29-30)16-9-15(10-17(11-16)22(32)33)13-1-3-14(4-2-13)21(27)31/h1-12H,(H2,27,31)(H,32,33). The first-order chi connectivity index (χ1) is 15.6. The van der Waals surface area contributed by atoms with Crippen LogP contribution in [0.2, 0.25) is 0 Å². The molecular weight excluding hydrogens is 437 g/mol. The van der Waals surface area contributed by atoms with Gasteiger partial charge >= 0.3 is 12.1 Å². The number of rotatable bonds is 5. The molecule has 3 aromatic carbocycles. The molecule has 0 aliphatic heterocycles. The Morgan fingerprint density at radius 3 is 2.06 bits per heavy atom. The van der Waals surface area contributed by atoms with E-state index in [0.29, 0.717) is 33.6 Å². The third-order valence-corrected chi connectivity index (χ3v) is 4.93. The fourth-order valence-electron chi connectivity index (χ4n) is 3.22. The molecule has 1 amide bonds. The molecule has 0 aliphatic rings. The topological polar surface area (TPSA) is 111 Å². The smallest absolute Gasteiger partial charge is 0.416 e. The van der Waals surface area contributed by atoms with Crippen molar-refractivity contribution in [3.63, 3.8) is 0 Å². The minimum atomic E-state index is -4.45. The van der Waals surface area contributed by atoms with Gasteiger partial charge in [-0.3, -0.25) is 4.79 Å². The number of amides is 1. The molecule has 0 unspecified atom stereocenters. The molecule has 4 aromatic rings. The van der Waals surface area contributed by atoms with Crippen LogP contribution in [0.3, 0.4) is 0 Å². The van der Waals surface area contributed by atoms with E-state index in [1.165, 1.54) is 47.3 Å². The van der Waals surface area contributed by atoms with Gasteiger partial charge < -0.3 is 10.8 Å². The molecule has 166 valence electrons. The summed E-state index contributed by atoms with van der Waals surface area (Å²) in [6.07, 6.45) is -2.96. The lowest BCUT2D eigenvalue weighted by Gasteiger charge is -2.08. The van der Waals surface area contributed by atoms with Crippen molar-refractivity contribution in [1.82, 2.24) is 15.0 Å². The highest BCUT2D eigenvalue weighted by Crippen LogP contribution is 2.30. The molecule has 3 N–H and O–H groups in total. The summed E-state index contributed by atoms with van der Waals surface area (Å²) < 4.78 is 39.6. The lowest BCUT2D eigenvalue weighted by Crippen LogP contribution is -2.10. The van der Waals surface area contributed by atoms with E-state index < -0.39 is 23.6 Å². The van der Waals surface area contributed by atoms with Gasteiger partial charge in [0.15, 0.2) is 0 Å². The summed E-state index contributed by atoms with van der Waals surface area (Å²) in [5.74, 6) is -1.73. The third-order valence-electron chi connectivity index (χ3n) is 4.93. The summed E-state index contributed by atoms with van der Waals surface area (Å²) >= 11 is 0. The Kier molecular flexibility index (Phi) is 5.42. The number of aromatic nitrogens is 3. The molecular formula is C23H15F3N4O3. The molecule has 0 saturated heterocycles. The lowest BCUT2D eigenvalue weighted by molar-refractivity contribution is -0.137. The van der Waals surface area contributed by atoms with Gasteiger partial charge in [0, 0.05) is 11.1 Å². The largest absolute Gasteiger partial charge is 0.478 e. The molecule has 0 spiro atoms. The summed E-state index contributed by atoms with van der Waals surface area (Å²) in [6, 6.07) is 15.4. The van der Waals surface area contributed by atoms with E-state index in [-0.39, 0.29) is 5.56 Å². The number of carboxylic acids is 1. The number of aromatic carboxylic acids is 1. The van der Waals surface area contributed by atoms with Gasteiger partial charge in [-0.05, 0) is 65.7 Å². The fourth-order valence-corrected chi connectivity index (χ4v) is 3.22. The Morgan fingerprint density at radius 2 is 1.48 bits per heavy atom. The first-order valence-corrected chi connectivity index (χ1v) is 9.51. The number of primary amides is 1. The van der Waals surface area contributed by atoms with Crippen molar-refractivity contribution in [3.05, 3.63) is 89.6 Å². The van der Waals surface area contributed by atoms with Crippen molar-refractivity contribution in [2.75, 3.05) is 0 Å². The van der Waals surface area contributed by atoms with Gasteiger partial charge in [-0.1, -0.05) is 17.3 Å². The molecule has 0 radical (unpaired) electrons. The molecule has 33 heavy (non-hydrogen) atoms. The van der Waals surface area contributed by atoms with Crippen LogP contribution >= 0.6 is 0 Å². The normalized spacial score (nSPS) is 11.4. The minimum absolute atomic E-state index is 0.00515. The molecule has 0 fully saturated rings.